The van der Waals surface area contributed by atoms with Gasteiger partial charge in [0, 0.05) is 12.1 Å². The molecule has 1 heterocycles. The Morgan fingerprint density at radius 3 is 2.71 bits per heavy atom. The molecule has 0 aromatic carbocycles. The summed E-state index contributed by atoms with van der Waals surface area (Å²) in [6, 6.07) is 3.05. The minimum Gasteiger partial charge on any atom is -0.360 e. The first-order chi connectivity index (χ1) is 9.74. The van der Waals surface area contributed by atoms with Gasteiger partial charge in [-0.05, 0) is 42.1 Å². The van der Waals surface area contributed by atoms with Crippen LogP contribution >= 0.6 is 11.6 Å². The van der Waals surface area contributed by atoms with E-state index in [0.29, 0.717) is 11.7 Å². The third kappa shape index (κ3) is 2.18. The van der Waals surface area contributed by atoms with E-state index in [1.807, 2.05) is 0 Å². The molecule has 21 heavy (non-hydrogen) atoms. The van der Waals surface area contributed by atoms with Gasteiger partial charge in [-0.3, -0.25) is 10.1 Å². The van der Waals surface area contributed by atoms with Crippen molar-refractivity contribution in [3.05, 3.63) is 27.4 Å². The topological polar surface area (TPSA) is 68.1 Å². The highest BCUT2D eigenvalue weighted by Crippen LogP contribution is 2.63. The predicted molar refractivity (Wildman–Crippen MR) is 82.5 cm³/mol. The van der Waals surface area contributed by atoms with Crippen molar-refractivity contribution in [2.75, 3.05) is 5.32 Å². The molecule has 0 amide bonds. The lowest BCUT2D eigenvalue weighted by atomic mass is 9.68. The maximum absolute atomic E-state index is 11.2. The van der Waals surface area contributed by atoms with E-state index in [-0.39, 0.29) is 27.7 Å². The van der Waals surface area contributed by atoms with Gasteiger partial charge in [0.2, 0.25) is 5.82 Å². The largest absolute Gasteiger partial charge is 0.360 e. The second-order valence-corrected chi connectivity index (χ2v) is 7.64. The summed E-state index contributed by atoms with van der Waals surface area (Å²) >= 11 is 5.92. The second-order valence-electron chi connectivity index (χ2n) is 7.25. The molecule has 0 spiro atoms. The Morgan fingerprint density at radius 1 is 1.43 bits per heavy atom. The average Bonchev–Trinajstić information content (AvgIpc) is 2.85. The Bertz CT molecular complexity index is 600. The lowest BCUT2D eigenvalue weighted by Gasteiger charge is -2.43. The van der Waals surface area contributed by atoms with Gasteiger partial charge < -0.3 is 5.32 Å². The van der Waals surface area contributed by atoms with Gasteiger partial charge in [-0.15, -0.1) is 0 Å². The Labute approximate surface area is 129 Å². The third-order valence-corrected chi connectivity index (χ3v) is 5.80. The summed E-state index contributed by atoms with van der Waals surface area (Å²) in [7, 11) is 0. The fourth-order valence-electron chi connectivity index (χ4n) is 4.48. The number of hydrogen-bond acceptors (Lipinski definition) is 4. The van der Waals surface area contributed by atoms with Crippen molar-refractivity contribution < 1.29 is 4.92 Å². The van der Waals surface area contributed by atoms with Crippen LogP contribution in [0.1, 0.15) is 40.0 Å². The van der Waals surface area contributed by atoms with Crippen molar-refractivity contribution >= 4 is 23.1 Å². The van der Waals surface area contributed by atoms with Crippen LogP contribution in [0.15, 0.2) is 12.1 Å². The number of halogens is 1. The van der Waals surface area contributed by atoms with Gasteiger partial charge >= 0.3 is 5.69 Å². The SMILES string of the molecule is CC12CCC(C1)C(C)(C)C2Nc1nc(Cl)ccc1[N+](=O)[O-]. The Balaban J connectivity index is 1.97. The Kier molecular flexibility index (Phi) is 3.17. The molecule has 3 atom stereocenters. The summed E-state index contributed by atoms with van der Waals surface area (Å²) in [6.07, 6.45) is 3.58. The molecule has 1 aromatic heterocycles. The van der Waals surface area contributed by atoms with Crippen LogP contribution in [-0.2, 0) is 0 Å². The molecule has 1 aromatic rings. The number of rotatable bonds is 3. The first-order valence-corrected chi connectivity index (χ1v) is 7.69. The molecule has 3 rings (SSSR count). The number of nitro groups is 1. The summed E-state index contributed by atoms with van der Waals surface area (Å²) in [6.45, 7) is 6.77. The zero-order valence-corrected chi connectivity index (χ0v) is 13.3. The summed E-state index contributed by atoms with van der Waals surface area (Å²) < 4.78 is 0. The van der Waals surface area contributed by atoms with E-state index in [1.54, 1.807) is 0 Å². The van der Waals surface area contributed by atoms with Gasteiger partial charge in [-0.25, -0.2) is 4.98 Å². The summed E-state index contributed by atoms with van der Waals surface area (Å²) in [4.78, 5) is 14.9. The average molecular weight is 310 g/mol. The van der Waals surface area contributed by atoms with Gasteiger partial charge in [0.15, 0.2) is 0 Å². The molecular formula is C15H20ClN3O2. The zero-order valence-electron chi connectivity index (χ0n) is 12.5. The van der Waals surface area contributed by atoms with Crippen molar-refractivity contribution in [3.8, 4) is 0 Å². The van der Waals surface area contributed by atoms with E-state index in [9.17, 15) is 10.1 Å². The lowest BCUT2D eigenvalue weighted by Crippen LogP contribution is -2.46. The van der Waals surface area contributed by atoms with Crippen LogP contribution < -0.4 is 5.32 Å². The number of nitrogens with zero attached hydrogens (tertiary/aromatic N) is 2. The molecule has 2 saturated carbocycles. The summed E-state index contributed by atoms with van der Waals surface area (Å²) in [5.74, 6) is 0.956. The summed E-state index contributed by atoms with van der Waals surface area (Å²) in [5.41, 5.74) is 0.262. The smallest absolute Gasteiger partial charge is 0.311 e. The van der Waals surface area contributed by atoms with Crippen molar-refractivity contribution in [1.82, 2.24) is 4.98 Å². The number of anilines is 1. The van der Waals surface area contributed by atoms with Crippen LogP contribution in [0.2, 0.25) is 5.15 Å². The zero-order chi connectivity index (χ0) is 15.4. The fourth-order valence-corrected chi connectivity index (χ4v) is 4.63. The molecular weight excluding hydrogens is 290 g/mol. The highest BCUT2D eigenvalue weighted by atomic mass is 35.5. The van der Waals surface area contributed by atoms with Crippen molar-refractivity contribution in [2.24, 2.45) is 16.7 Å². The van der Waals surface area contributed by atoms with Gasteiger partial charge in [-0.2, -0.15) is 0 Å². The highest BCUT2D eigenvalue weighted by molar-refractivity contribution is 6.29. The molecule has 6 heteroatoms. The molecule has 0 radical (unpaired) electrons. The van der Waals surface area contributed by atoms with Crippen molar-refractivity contribution in [2.45, 2.75) is 46.1 Å². The predicted octanol–water partition coefficient (Wildman–Crippen LogP) is 4.27. The number of fused-ring (bicyclic) bond motifs is 2. The van der Waals surface area contributed by atoms with Crippen LogP contribution in [0.5, 0.6) is 0 Å². The van der Waals surface area contributed by atoms with Gasteiger partial charge in [0.05, 0.1) is 4.92 Å². The van der Waals surface area contributed by atoms with Crippen LogP contribution in [0, 0.1) is 26.9 Å². The van der Waals surface area contributed by atoms with E-state index < -0.39 is 4.92 Å². The first-order valence-electron chi connectivity index (χ1n) is 7.31. The molecule has 0 saturated heterocycles. The molecule has 1 N–H and O–H groups in total. The minimum atomic E-state index is -0.409. The molecule has 114 valence electrons. The molecule has 3 unspecified atom stereocenters. The first kappa shape index (κ1) is 14.6. The Hall–Kier alpha value is -1.36. The monoisotopic (exact) mass is 309 g/mol. The normalized spacial score (nSPS) is 33.1. The van der Waals surface area contributed by atoms with E-state index >= 15 is 0 Å². The standard InChI is InChI=1S/C15H20ClN3O2/c1-14(2)9-6-7-15(3,8-9)13(14)18-12-10(19(20)21)4-5-11(16)17-12/h4-5,9,13H,6-8H2,1-3H3,(H,17,18). The van der Waals surface area contributed by atoms with Crippen LogP contribution in [0.4, 0.5) is 11.5 Å². The van der Waals surface area contributed by atoms with E-state index in [2.05, 4.69) is 31.1 Å². The van der Waals surface area contributed by atoms with E-state index in [0.717, 1.165) is 6.42 Å². The van der Waals surface area contributed by atoms with Crippen LogP contribution in [0.3, 0.4) is 0 Å². The molecule has 0 aliphatic heterocycles. The molecule has 2 fully saturated rings. The van der Waals surface area contributed by atoms with E-state index in [4.69, 9.17) is 11.6 Å². The second kappa shape index (κ2) is 4.57. The van der Waals surface area contributed by atoms with Crippen molar-refractivity contribution in [3.63, 3.8) is 0 Å². The van der Waals surface area contributed by atoms with Crippen molar-refractivity contribution in [1.29, 1.82) is 0 Å². The number of aromatic nitrogens is 1. The van der Waals surface area contributed by atoms with Crippen LogP contribution in [-0.4, -0.2) is 15.9 Å². The number of nitrogens with one attached hydrogen (secondary N) is 1. The highest BCUT2D eigenvalue weighted by Gasteiger charge is 2.59. The third-order valence-electron chi connectivity index (χ3n) is 5.59. The lowest BCUT2D eigenvalue weighted by molar-refractivity contribution is -0.384. The fraction of sp³-hybridized carbons (Fsp3) is 0.667. The van der Waals surface area contributed by atoms with E-state index in [1.165, 1.54) is 25.0 Å². The van der Waals surface area contributed by atoms with Gasteiger partial charge in [0.25, 0.3) is 0 Å². The molecule has 5 nitrogen and oxygen atoms in total. The van der Waals surface area contributed by atoms with Gasteiger partial charge in [0.1, 0.15) is 5.15 Å². The molecule has 2 aliphatic carbocycles. The quantitative estimate of drug-likeness (QED) is 0.514. The summed E-state index contributed by atoms with van der Waals surface area (Å²) in [5, 5.41) is 14.8. The minimum absolute atomic E-state index is 0.0124. The Morgan fingerprint density at radius 2 is 2.14 bits per heavy atom. The maximum Gasteiger partial charge on any atom is 0.311 e. The number of hydrogen-bond donors (Lipinski definition) is 1. The molecule has 2 aliphatic rings. The molecule has 2 bridgehead atoms. The van der Waals surface area contributed by atoms with Crippen LogP contribution in [0.25, 0.3) is 0 Å². The maximum atomic E-state index is 11.2. The number of pyridine rings is 1. The van der Waals surface area contributed by atoms with Gasteiger partial charge in [-0.1, -0.05) is 32.4 Å².